The van der Waals surface area contributed by atoms with Crippen LogP contribution in [-0.4, -0.2) is 12.5 Å². The highest BCUT2D eigenvalue weighted by molar-refractivity contribution is 7.10. The molecule has 1 aromatic heterocycles. The van der Waals surface area contributed by atoms with Gasteiger partial charge in [-0.1, -0.05) is 24.0 Å². The van der Waals surface area contributed by atoms with E-state index in [1.54, 1.807) is 35.6 Å². The molecular formula is C15H14N2O2S. The third-order valence-electron chi connectivity index (χ3n) is 2.58. The molecule has 4 nitrogen and oxygen atoms in total. The van der Waals surface area contributed by atoms with Gasteiger partial charge < -0.3 is 16.2 Å². The van der Waals surface area contributed by atoms with Crippen molar-refractivity contribution in [1.29, 1.82) is 0 Å². The number of rotatable bonds is 4. The van der Waals surface area contributed by atoms with Crippen LogP contribution in [0.2, 0.25) is 0 Å². The van der Waals surface area contributed by atoms with E-state index in [9.17, 15) is 4.79 Å². The number of carbonyl (C=O) groups excluding carboxylic acids is 1. The Hall–Kier alpha value is -2.29. The predicted octanol–water partition coefficient (Wildman–Crippen LogP) is 1.74. The molecule has 0 radical (unpaired) electrons. The minimum Gasteiger partial charge on any atom is -0.487 e. The van der Waals surface area contributed by atoms with Crippen LogP contribution < -0.4 is 16.2 Å². The van der Waals surface area contributed by atoms with Crippen LogP contribution in [0.15, 0.2) is 35.7 Å². The van der Waals surface area contributed by atoms with E-state index >= 15 is 0 Å². The number of para-hydroxylation sites is 1. The maximum absolute atomic E-state index is 11.3. The highest BCUT2D eigenvalue weighted by Gasteiger charge is 2.09. The van der Waals surface area contributed by atoms with Gasteiger partial charge in [-0.25, -0.2) is 0 Å². The van der Waals surface area contributed by atoms with Crippen molar-refractivity contribution >= 4 is 17.2 Å². The van der Waals surface area contributed by atoms with Crippen molar-refractivity contribution in [2.24, 2.45) is 11.5 Å². The van der Waals surface area contributed by atoms with Crippen LogP contribution in [0.25, 0.3) is 0 Å². The van der Waals surface area contributed by atoms with Crippen LogP contribution in [0, 0.1) is 11.8 Å². The molecule has 1 heterocycles. The molecule has 0 aliphatic carbocycles. The number of hydrogen-bond acceptors (Lipinski definition) is 4. The number of thiophene rings is 1. The Morgan fingerprint density at radius 1 is 1.30 bits per heavy atom. The molecular weight excluding hydrogens is 272 g/mol. The average molecular weight is 286 g/mol. The minimum atomic E-state index is -0.505. The topological polar surface area (TPSA) is 78.3 Å². The van der Waals surface area contributed by atoms with E-state index in [4.69, 9.17) is 16.2 Å². The van der Waals surface area contributed by atoms with Gasteiger partial charge in [0, 0.05) is 5.56 Å². The Balaban J connectivity index is 2.14. The molecule has 5 heteroatoms. The molecule has 2 rings (SSSR count). The molecule has 0 unspecified atom stereocenters. The molecule has 0 aliphatic rings. The third kappa shape index (κ3) is 3.38. The van der Waals surface area contributed by atoms with Crippen molar-refractivity contribution in [3.63, 3.8) is 0 Å². The Bertz CT molecular complexity index is 668. The Kier molecular flexibility index (Phi) is 4.77. The lowest BCUT2D eigenvalue weighted by Gasteiger charge is -2.08. The van der Waals surface area contributed by atoms with Gasteiger partial charge in [-0.15, -0.1) is 11.3 Å². The fourth-order valence-corrected chi connectivity index (χ4v) is 2.39. The standard InChI is InChI=1S/C15H14N2O2S/c16-8-3-4-11-7-9-20-14(11)10-19-13-6-2-1-5-12(13)15(17)18/h1-2,5-7,9H,8,10,16H2,(H2,17,18). The number of ether oxygens (including phenoxy) is 1. The molecule has 1 amide bonds. The van der Waals surface area contributed by atoms with Gasteiger partial charge in [-0.2, -0.15) is 0 Å². The van der Waals surface area contributed by atoms with Crippen molar-refractivity contribution in [3.05, 3.63) is 51.7 Å². The van der Waals surface area contributed by atoms with Crippen LogP contribution in [0.5, 0.6) is 5.75 Å². The van der Waals surface area contributed by atoms with Gasteiger partial charge in [-0.3, -0.25) is 4.79 Å². The van der Waals surface area contributed by atoms with Gasteiger partial charge in [-0.05, 0) is 23.6 Å². The minimum absolute atomic E-state index is 0.320. The molecule has 0 bridgehead atoms. The first-order chi connectivity index (χ1) is 9.72. The summed E-state index contributed by atoms with van der Waals surface area (Å²) >= 11 is 1.55. The largest absolute Gasteiger partial charge is 0.487 e. The summed E-state index contributed by atoms with van der Waals surface area (Å²) < 4.78 is 5.67. The van der Waals surface area contributed by atoms with Crippen molar-refractivity contribution in [2.45, 2.75) is 6.61 Å². The second-order valence-corrected chi connectivity index (χ2v) is 4.91. The molecule has 0 saturated carbocycles. The van der Waals surface area contributed by atoms with Crippen molar-refractivity contribution in [2.75, 3.05) is 6.54 Å². The van der Waals surface area contributed by atoms with Crippen LogP contribution in [0.1, 0.15) is 20.8 Å². The number of nitrogens with two attached hydrogens (primary N) is 2. The van der Waals surface area contributed by atoms with Gasteiger partial charge in [0.15, 0.2) is 0 Å². The lowest BCUT2D eigenvalue weighted by Crippen LogP contribution is -2.12. The summed E-state index contributed by atoms with van der Waals surface area (Å²) in [5, 5.41) is 1.94. The molecule has 20 heavy (non-hydrogen) atoms. The maximum Gasteiger partial charge on any atom is 0.252 e. The average Bonchev–Trinajstić information content (AvgIpc) is 2.90. The third-order valence-corrected chi connectivity index (χ3v) is 3.48. The number of amides is 1. The Morgan fingerprint density at radius 3 is 2.85 bits per heavy atom. The van der Waals surface area contributed by atoms with Gasteiger partial charge in [0.1, 0.15) is 12.4 Å². The van der Waals surface area contributed by atoms with Crippen LogP contribution in [0.3, 0.4) is 0 Å². The lowest BCUT2D eigenvalue weighted by atomic mass is 10.2. The zero-order valence-electron chi connectivity index (χ0n) is 10.8. The zero-order valence-corrected chi connectivity index (χ0v) is 11.6. The molecule has 0 aliphatic heterocycles. The van der Waals surface area contributed by atoms with E-state index in [1.807, 2.05) is 11.4 Å². The van der Waals surface area contributed by atoms with Crippen LogP contribution >= 0.6 is 11.3 Å². The summed E-state index contributed by atoms with van der Waals surface area (Å²) in [6, 6.07) is 8.83. The summed E-state index contributed by atoms with van der Waals surface area (Å²) in [5.41, 5.74) is 11.9. The maximum atomic E-state index is 11.3. The highest BCUT2D eigenvalue weighted by Crippen LogP contribution is 2.22. The van der Waals surface area contributed by atoms with E-state index in [0.29, 0.717) is 24.5 Å². The smallest absolute Gasteiger partial charge is 0.252 e. The highest BCUT2D eigenvalue weighted by atomic mass is 32.1. The molecule has 0 saturated heterocycles. The summed E-state index contributed by atoms with van der Waals surface area (Å²) in [5.74, 6) is 5.78. The molecule has 1 aromatic carbocycles. The van der Waals surface area contributed by atoms with E-state index in [0.717, 1.165) is 10.4 Å². The number of benzene rings is 1. The Morgan fingerprint density at radius 2 is 2.10 bits per heavy atom. The van der Waals surface area contributed by atoms with Gasteiger partial charge >= 0.3 is 0 Å². The fraction of sp³-hybridized carbons (Fsp3) is 0.133. The summed E-state index contributed by atoms with van der Waals surface area (Å²) in [6.45, 7) is 0.664. The van der Waals surface area contributed by atoms with Gasteiger partial charge in [0.2, 0.25) is 0 Å². The predicted molar refractivity (Wildman–Crippen MR) is 79.5 cm³/mol. The van der Waals surface area contributed by atoms with Crippen molar-refractivity contribution in [3.8, 4) is 17.6 Å². The van der Waals surface area contributed by atoms with Crippen molar-refractivity contribution < 1.29 is 9.53 Å². The molecule has 0 fully saturated rings. The molecule has 102 valence electrons. The van der Waals surface area contributed by atoms with Crippen molar-refractivity contribution in [1.82, 2.24) is 0 Å². The quantitative estimate of drug-likeness (QED) is 0.840. The summed E-state index contributed by atoms with van der Waals surface area (Å²) in [4.78, 5) is 12.3. The molecule has 0 atom stereocenters. The van der Waals surface area contributed by atoms with E-state index in [2.05, 4.69) is 11.8 Å². The first-order valence-corrected chi connectivity index (χ1v) is 6.87. The number of hydrogen-bond donors (Lipinski definition) is 2. The monoisotopic (exact) mass is 286 g/mol. The summed E-state index contributed by atoms with van der Waals surface area (Å²) in [7, 11) is 0. The SMILES string of the molecule is NCC#Cc1ccsc1COc1ccccc1C(N)=O. The molecule has 0 spiro atoms. The van der Waals surface area contributed by atoms with E-state index in [-0.39, 0.29) is 0 Å². The Labute approximate surface area is 121 Å². The zero-order chi connectivity index (χ0) is 14.4. The van der Waals surface area contributed by atoms with Crippen LogP contribution in [-0.2, 0) is 6.61 Å². The van der Waals surface area contributed by atoms with Gasteiger partial charge in [0.05, 0.1) is 17.0 Å². The van der Waals surface area contributed by atoms with E-state index < -0.39 is 5.91 Å². The lowest BCUT2D eigenvalue weighted by molar-refractivity contribution is 0.0996. The van der Waals surface area contributed by atoms with E-state index in [1.165, 1.54) is 0 Å². The molecule has 4 N–H and O–H groups in total. The first-order valence-electron chi connectivity index (χ1n) is 5.99. The van der Waals surface area contributed by atoms with Gasteiger partial charge in [0.25, 0.3) is 5.91 Å². The van der Waals surface area contributed by atoms with Crippen LogP contribution in [0.4, 0.5) is 0 Å². The second kappa shape index (κ2) is 6.75. The second-order valence-electron chi connectivity index (χ2n) is 3.91. The fourth-order valence-electron chi connectivity index (χ4n) is 1.65. The molecule has 2 aromatic rings. The number of carbonyl (C=O) groups is 1. The first kappa shape index (κ1) is 14.1. The summed E-state index contributed by atoms with van der Waals surface area (Å²) in [6.07, 6.45) is 0. The number of primary amides is 1. The normalized spacial score (nSPS) is 9.65.